The van der Waals surface area contributed by atoms with Gasteiger partial charge in [0.15, 0.2) is 17.3 Å². The third kappa shape index (κ3) is 3.69. The number of ketones is 1. The second kappa shape index (κ2) is 6.26. The Morgan fingerprint density at radius 2 is 2.04 bits per heavy atom. The first-order valence-corrected chi connectivity index (χ1v) is 8.27. The van der Waals surface area contributed by atoms with Gasteiger partial charge in [0.1, 0.15) is 0 Å². The van der Waals surface area contributed by atoms with Crippen LogP contribution in [-0.2, 0) is 11.3 Å². The lowest BCUT2D eigenvalue weighted by atomic mass is 9.71. The molecule has 124 valence electrons. The van der Waals surface area contributed by atoms with Gasteiger partial charge < -0.3 is 14.8 Å². The van der Waals surface area contributed by atoms with Crippen molar-refractivity contribution in [2.45, 2.75) is 46.6 Å². The molecule has 1 fully saturated rings. The van der Waals surface area contributed by atoms with Crippen molar-refractivity contribution in [3.63, 3.8) is 0 Å². The van der Waals surface area contributed by atoms with Gasteiger partial charge in [0, 0.05) is 24.7 Å². The van der Waals surface area contributed by atoms with Crippen LogP contribution < -0.4 is 14.8 Å². The summed E-state index contributed by atoms with van der Waals surface area (Å²) in [7, 11) is 0. The normalized spacial score (nSPS) is 22.5. The monoisotopic (exact) mass is 315 g/mol. The van der Waals surface area contributed by atoms with Crippen LogP contribution in [-0.4, -0.2) is 12.6 Å². The Kier molecular flexibility index (Phi) is 4.33. The van der Waals surface area contributed by atoms with E-state index in [1.807, 2.05) is 24.4 Å². The highest BCUT2D eigenvalue weighted by Crippen LogP contribution is 2.38. The van der Waals surface area contributed by atoms with Crippen molar-refractivity contribution in [2.24, 2.45) is 11.3 Å². The Morgan fingerprint density at radius 3 is 2.83 bits per heavy atom. The maximum Gasteiger partial charge on any atom is 0.231 e. The summed E-state index contributed by atoms with van der Waals surface area (Å²) in [5.41, 5.74) is 2.29. The average molecular weight is 315 g/mol. The molecule has 0 unspecified atom stereocenters. The second-order valence-electron chi connectivity index (χ2n) is 7.47. The molecule has 3 rings (SSSR count). The molecule has 1 heterocycles. The van der Waals surface area contributed by atoms with E-state index < -0.39 is 0 Å². The van der Waals surface area contributed by atoms with Gasteiger partial charge >= 0.3 is 0 Å². The molecule has 0 bridgehead atoms. The van der Waals surface area contributed by atoms with E-state index >= 15 is 0 Å². The highest BCUT2D eigenvalue weighted by Gasteiger charge is 2.31. The van der Waals surface area contributed by atoms with Crippen molar-refractivity contribution in [2.75, 3.05) is 6.79 Å². The fraction of sp³-hybridized carbons (Fsp3) is 0.526. The molecule has 4 heteroatoms. The number of ether oxygens (including phenoxy) is 2. The third-order valence-electron chi connectivity index (χ3n) is 4.79. The molecule has 1 N–H and O–H groups in total. The number of hydrogen-bond donors (Lipinski definition) is 1. The van der Waals surface area contributed by atoms with Crippen LogP contribution in [0.15, 0.2) is 30.0 Å². The van der Waals surface area contributed by atoms with Crippen LogP contribution >= 0.6 is 0 Å². The Morgan fingerprint density at radius 1 is 1.26 bits per heavy atom. The summed E-state index contributed by atoms with van der Waals surface area (Å²) in [5.74, 6) is 2.43. The number of hydrogen-bond acceptors (Lipinski definition) is 4. The van der Waals surface area contributed by atoms with Crippen molar-refractivity contribution < 1.29 is 14.3 Å². The highest BCUT2D eigenvalue weighted by atomic mass is 16.7. The maximum absolute atomic E-state index is 12.1. The van der Waals surface area contributed by atoms with E-state index in [1.54, 1.807) is 0 Å². The Hall–Kier alpha value is -1.97. The fourth-order valence-electron chi connectivity index (χ4n) is 3.17. The van der Waals surface area contributed by atoms with Crippen molar-refractivity contribution in [1.29, 1.82) is 0 Å². The molecule has 1 aliphatic heterocycles. The molecular formula is C19H25NO3. The number of fused-ring (bicyclic) bond motifs is 1. The fourth-order valence-corrected chi connectivity index (χ4v) is 3.17. The summed E-state index contributed by atoms with van der Waals surface area (Å²) in [6, 6.07) is 5.92. The van der Waals surface area contributed by atoms with Crippen molar-refractivity contribution in [3.05, 3.63) is 35.5 Å². The molecule has 0 amide bonds. The topological polar surface area (TPSA) is 47.6 Å². The van der Waals surface area contributed by atoms with Gasteiger partial charge in [-0.2, -0.15) is 0 Å². The number of Topliss-reactive ketones (excluding diaryl/α,β-unsaturated/α-hetero) is 1. The van der Waals surface area contributed by atoms with E-state index in [0.29, 0.717) is 25.7 Å². The summed E-state index contributed by atoms with van der Waals surface area (Å²) in [6.45, 7) is 7.73. The van der Waals surface area contributed by atoms with E-state index in [4.69, 9.17) is 9.47 Å². The molecule has 4 nitrogen and oxygen atoms in total. The minimum atomic E-state index is 0.247. The van der Waals surface area contributed by atoms with Gasteiger partial charge in [-0.25, -0.2) is 0 Å². The van der Waals surface area contributed by atoms with Gasteiger partial charge in [0.25, 0.3) is 0 Å². The van der Waals surface area contributed by atoms with Gasteiger partial charge in [0.2, 0.25) is 6.79 Å². The molecule has 0 spiro atoms. The first-order chi connectivity index (χ1) is 10.9. The Balaban J connectivity index is 1.61. The first-order valence-electron chi connectivity index (χ1n) is 8.27. The zero-order valence-corrected chi connectivity index (χ0v) is 14.1. The summed E-state index contributed by atoms with van der Waals surface area (Å²) >= 11 is 0. The van der Waals surface area contributed by atoms with E-state index in [9.17, 15) is 4.79 Å². The van der Waals surface area contributed by atoms with Crippen molar-refractivity contribution in [3.8, 4) is 11.5 Å². The van der Waals surface area contributed by atoms with Crippen LogP contribution in [0.5, 0.6) is 11.5 Å². The number of rotatable bonds is 3. The summed E-state index contributed by atoms with van der Waals surface area (Å²) < 4.78 is 10.7. The quantitative estimate of drug-likeness (QED) is 0.862. The summed E-state index contributed by atoms with van der Waals surface area (Å²) in [4.78, 5) is 12.1. The first kappa shape index (κ1) is 15.9. The molecule has 0 aromatic heterocycles. The smallest absolute Gasteiger partial charge is 0.231 e. The lowest BCUT2D eigenvalue weighted by molar-refractivity contribution is -0.117. The largest absolute Gasteiger partial charge is 0.454 e. The van der Waals surface area contributed by atoms with E-state index in [0.717, 1.165) is 35.5 Å². The number of benzene rings is 1. The lowest BCUT2D eigenvalue weighted by Crippen LogP contribution is -2.28. The zero-order chi connectivity index (χ0) is 16.4. The molecule has 1 aromatic carbocycles. The van der Waals surface area contributed by atoms with Crippen LogP contribution in [0.4, 0.5) is 0 Å². The average Bonchev–Trinajstić information content (AvgIpc) is 2.95. The number of allylic oxidation sites excluding steroid dienone is 1. The van der Waals surface area contributed by atoms with Gasteiger partial charge in [-0.3, -0.25) is 4.79 Å². The summed E-state index contributed by atoms with van der Waals surface area (Å²) in [5, 5.41) is 3.29. The maximum atomic E-state index is 12.1. The molecule has 1 atom stereocenters. The van der Waals surface area contributed by atoms with Crippen molar-refractivity contribution in [1.82, 2.24) is 5.32 Å². The minimum absolute atomic E-state index is 0.247. The van der Waals surface area contributed by atoms with Gasteiger partial charge in [0.05, 0.1) is 0 Å². The molecule has 0 radical (unpaired) electrons. The number of carbonyl (C=O) groups is 1. The SMILES string of the molecule is CC(C)(C)[C@@H]1CCC(=O)/C(=C/NCc2ccc3c(c2)OCO3)C1. The van der Waals surface area contributed by atoms with Crippen LogP contribution in [0.3, 0.4) is 0 Å². The van der Waals surface area contributed by atoms with E-state index in [1.165, 1.54) is 0 Å². The van der Waals surface area contributed by atoms with Gasteiger partial charge in [-0.05, 0) is 41.9 Å². The lowest BCUT2D eigenvalue weighted by Gasteiger charge is -2.34. The molecule has 1 saturated carbocycles. The zero-order valence-electron chi connectivity index (χ0n) is 14.1. The minimum Gasteiger partial charge on any atom is -0.454 e. The molecule has 2 aliphatic rings. The highest BCUT2D eigenvalue weighted by molar-refractivity contribution is 5.96. The Labute approximate surface area is 137 Å². The Bertz CT molecular complexity index is 628. The second-order valence-corrected chi connectivity index (χ2v) is 7.47. The van der Waals surface area contributed by atoms with Crippen LogP contribution in [0.2, 0.25) is 0 Å². The molecule has 1 aliphatic carbocycles. The number of nitrogens with one attached hydrogen (secondary N) is 1. The van der Waals surface area contributed by atoms with Gasteiger partial charge in [-0.15, -0.1) is 0 Å². The third-order valence-corrected chi connectivity index (χ3v) is 4.79. The number of carbonyl (C=O) groups excluding carboxylic acids is 1. The molecule has 23 heavy (non-hydrogen) atoms. The summed E-state index contributed by atoms with van der Waals surface area (Å²) in [6.07, 6.45) is 4.45. The molecule has 0 saturated heterocycles. The van der Waals surface area contributed by atoms with Gasteiger partial charge in [-0.1, -0.05) is 26.8 Å². The van der Waals surface area contributed by atoms with Crippen LogP contribution in [0.25, 0.3) is 0 Å². The van der Waals surface area contributed by atoms with E-state index in [-0.39, 0.29) is 11.2 Å². The molecule has 1 aromatic rings. The predicted octanol–water partition coefficient (Wildman–Crippen LogP) is 3.80. The predicted molar refractivity (Wildman–Crippen MR) is 89.3 cm³/mol. The van der Waals surface area contributed by atoms with Crippen LogP contribution in [0.1, 0.15) is 45.6 Å². The van der Waals surface area contributed by atoms with Crippen LogP contribution in [0, 0.1) is 11.3 Å². The van der Waals surface area contributed by atoms with E-state index in [2.05, 4.69) is 26.1 Å². The van der Waals surface area contributed by atoms with Crippen molar-refractivity contribution >= 4 is 5.78 Å². The standard InChI is InChI=1S/C19H25NO3/c1-19(2,3)15-5-6-16(21)14(9-15)11-20-10-13-4-7-17-18(8-13)23-12-22-17/h4,7-8,11,15,20H,5-6,9-10,12H2,1-3H3/b14-11+/t15-/m1/s1. The molecular weight excluding hydrogens is 290 g/mol.